The summed E-state index contributed by atoms with van der Waals surface area (Å²) in [5.74, 6) is 0.0110. The average Bonchev–Trinajstić information content (AvgIpc) is 2.68. The van der Waals surface area contributed by atoms with E-state index in [1.54, 1.807) is 0 Å². The summed E-state index contributed by atoms with van der Waals surface area (Å²) < 4.78 is 10.8. The number of nitrogens with one attached hydrogen (secondary N) is 1. The highest BCUT2D eigenvalue weighted by Crippen LogP contribution is 2.36. The SMILES string of the molecule is CCOC(CNC(=O)C1(C)CCCC1N)OCC. The Labute approximate surface area is 109 Å². The van der Waals surface area contributed by atoms with E-state index in [4.69, 9.17) is 15.2 Å². The van der Waals surface area contributed by atoms with Crippen LogP contribution < -0.4 is 11.1 Å². The maximum Gasteiger partial charge on any atom is 0.227 e. The second-order valence-electron chi connectivity index (χ2n) is 4.97. The van der Waals surface area contributed by atoms with E-state index in [2.05, 4.69) is 5.32 Å². The van der Waals surface area contributed by atoms with Gasteiger partial charge in [0.1, 0.15) is 0 Å². The molecule has 0 saturated heterocycles. The van der Waals surface area contributed by atoms with Crippen molar-refractivity contribution in [2.24, 2.45) is 11.1 Å². The van der Waals surface area contributed by atoms with Crippen molar-refractivity contribution in [1.82, 2.24) is 5.32 Å². The topological polar surface area (TPSA) is 73.6 Å². The van der Waals surface area contributed by atoms with Crippen LogP contribution in [0.25, 0.3) is 0 Å². The Morgan fingerprint density at radius 2 is 2.06 bits per heavy atom. The number of hydrogen-bond acceptors (Lipinski definition) is 4. The van der Waals surface area contributed by atoms with Crippen LogP contribution in [0.1, 0.15) is 40.0 Å². The first-order valence-corrected chi connectivity index (χ1v) is 6.81. The highest BCUT2D eigenvalue weighted by Gasteiger charge is 2.42. The number of carbonyl (C=O) groups excluding carboxylic acids is 1. The fourth-order valence-electron chi connectivity index (χ4n) is 2.39. The summed E-state index contributed by atoms with van der Waals surface area (Å²) in [5.41, 5.74) is 5.57. The van der Waals surface area contributed by atoms with Gasteiger partial charge in [0, 0.05) is 19.3 Å². The molecule has 0 aromatic rings. The minimum absolute atomic E-state index is 0.0110. The molecule has 1 aliphatic rings. The molecule has 0 aliphatic heterocycles. The van der Waals surface area contributed by atoms with Gasteiger partial charge < -0.3 is 20.5 Å². The summed E-state index contributed by atoms with van der Waals surface area (Å²) in [6, 6.07) is -0.0462. The van der Waals surface area contributed by atoms with Gasteiger partial charge in [-0.15, -0.1) is 0 Å². The molecule has 1 saturated carbocycles. The van der Waals surface area contributed by atoms with Crippen molar-refractivity contribution in [2.75, 3.05) is 19.8 Å². The normalized spacial score (nSPS) is 27.7. The van der Waals surface area contributed by atoms with E-state index < -0.39 is 5.41 Å². The molecule has 1 fully saturated rings. The lowest BCUT2D eigenvalue weighted by atomic mass is 9.84. The largest absolute Gasteiger partial charge is 0.351 e. The first-order chi connectivity index (χ1) is 8.54. The monoisotopic (exact) mass is 258 g/mol. The van der Waals surface area contributed by atoms with Gasteiger partial charge in [0.05, 0.1) is 12.0 Å². The van der Waals surface area contributed by atoms with Crippen LogP contribution in [0.3, 0.4) is 0 Å². The van der Waals surface area contributed by atoms with Crippen molar-refractivity contribution in [3.05, 3.63) is 0 Å². The molecule has 0 aromatic heterocycles. The molecular formula is C13H26N2O3. The lowest BCUT2D eigenvalue weighted by Gasteiger charge is -2.28. The Morgan fingerprint density at radius 1 is 1.44 bits per heavy atom. The lowest BCUT2D eigenvalue weighted by Crippen LogP contribution is -2.49. The Morgan fingerprint density at radius 3 is 2.50 bits per heavy atom. The Bertz CT molecular complexity index is 267. The fraction of sp³-hybridized carbons (Fsp3) is 0.923. The van der Waals surface area contributed by atoms with E-state index in [1.807, 2.05) is 20.8 Å². The molecule has 5 nitrogen and oxygen atoms in total. The summed E-state index contributed by atoms with van der Waals surface area (Å²) in [5, 5.41) is 2.90. The van der Waals surface area contributed by atoms with Gasteiger partial charge >= 0.3 is 0 Å². The zero-order valence-corrected chi connectivity index (χ0v) is 11.7. The van der Waals surface area contributed by atoms with Crippen LogP contribution in [0.5, 0.6) is 0 Å². The molecule has 1 rings (SSSR count). The third-order valence-corrected chi connectivity index (χ3v) is 3.68. The van der Waals surface area contributed by atoms with Gasteiger partial charge in [0.15, 0.2) is 6.29 Å². The molecule has 1 amide bonds. The number of ether oxygens (including phenoxy) is 2. The quantitative estimate of drug-likeness (QED) is 0.669. The van der Waals surface area contributed by atoms with Gasteiger partial charge in [0.2, 0.25) is 5.91 Å². The average molecular weight is 258 g/mol. The minimum atomic E-state index is -0.441. The van der Waals surface area contributed by atoms with E-state index in [0.717, 1.165) is 19.3 Å². The van der Waals surface area contributed by atoms with Crippen molar-refractivity contribution in [3.8, 4) is 0 Å². The Kier molecular flexibility index (Phi) is 6.05. The van der Waals surface area contributed by atoms with Crippen LogP contribution >= 0.6 is 0 Å². The number of amides is 1. The molecule has 5 heteroatoms. The van der Waals surface area contributed by atoms with Crippen molar-refractivity contribution in [2.45, 2.75) is 52.4 Å². The zero-order valence-electron chi connectivity index (χ0n) is 11.7. The predicted octanol–water partition coefficient (Wildman–Crippen LogP) is 1.02. The third-order valence-electron chi connectivity index (χ3n) is 3.68. The van der Waals surface area contributed by atoms with Crippen molar-refractivity contribution in [3.63, 3.8) is 0 Å². The molecule has 0 radical (unpaired) electrons. The number of rotatable bonds is 7. The van der Waals surface area contributed by atoms with E-state index in [9.17, 15) is 4.79 Å². The van der Waals surface area contributed by atoms with Crippen LogP contribution in [-0.2, 0) is 14.3 Å². The number of hydrogen-bond donors (Lipinski definition) is 2. The molecule has 0 aromatic carbocycles. The molecule has 3 N–H and O–H groups in total. The van der Waals surface area contributed by atoms with Crippen LogP contribution in [0.4, 0.5) is 0 Å². The minimum Gasteiger partial charge on any atom is -0.351 e. The lowest BCUT2D eigenvalue weighted by molar-refractivity contribution is -0.145. The first-order valence-electron chi connectivity index (χ1n) is 6.81. The third kappa shape index (κ3) is 3.67. The van der Waals surface area contributed by atoms with E-state index in [-0.39, 0.29) is 18.2 Å². The maximum atomic E-state index is 12.2. The van der Waals surface area contributed by atoms with Crippen LogP contribution in [0.15, 0.2) is 0 Å². The van der Waals surface area contributed by atoms with Crippen molar-refractivity contribution < 1.29 is 14.3 Å². The van der Waals surface area contributed by atoms with Gasteiger partial charge in [-0.3, -0.25) is 4.79 Å². The van der Waals surface area contributed by atoms with Crippen LogP contribution in [0, 0.1) is 5.41 Å². The highest BCUT2D eigenvalue weighted by molar-refractivity contribution is 5.83. The summed E-state index contributed by atoms with van der Waals surface area (Å²) in [4.78, 5) is 12.2. The maximum absolute atomic E-state index is 12.2. The van der Waals surface area contributed by atoms with Crippen LogP contribution in [-0.4, -0.2) is 38.0 Å². The molecule has 1 aliphatic carbocycles. The van der Waals surface area contributed by atoms with Gasteiger partial charge in [-0.05, 0) is 33.6 Å². The van der Waals surface area contributed by atoms with E-state index >= 15 is 0 Å². The Balaban J connectivity index is 2.44. The molecule has 0 spiro atoms. The summed E-state index contributed by atoms with van der Waals surface area (Å²) in [7, 11) is 0. The van der Waals surface area contributed by atoms with Crippen LogP contribution in [0.2, 0.25) is 0 Å². The first kappa shape index (κ1) is 15.4. The molecular weight excluding hydrogens is 232 g/mol. The number of nitrogens with two attached hydrogens (primary N) is 1. The van der Waals surface area contributed by atoms with E-state index in [1.165, 1.54) is 0 Å². The fourth-order valence-corrected chi connectivity index (χ4v) is 2.39. The van der Waals surface area contributed by atoms with E-state index in [0.29, 0.717) is 19.8 Å². The molecule has 2 unspecified atom stereocenters. The molecule has 106 valence electrons. The van der Waals surface area contributed by atoms with Gasteiger partial charge in [-0.2, -0.15) is 0 Å². The highest BCUT2D eigenvalue weighted by atomic mass is 16.7. The standard InChI is InChI=1S/C13H26N2O3/c1-4-17-11(18-5-2)9-15-12(16)13(3)8-6-7-10(13)14/h10-11H,4-9,14H2,1-3H3,(H,15,16). The predicted molar refractivity (Wildman–Crippen MR) is 70.0 cm³/mol. The molecule has 0 bridgehead atoms. The summed E-state index contributed by atoms with van der Waals surface area (Å²) in [6.07, 6.45) is 2.43. The van der Waals surface area contributed by atoms with Gasteiger partial charge in [0.25, 0.3) is 0 Å². The molecule has 0 heterocycles. The zero-order chi connectivity index (χ0) is 13.6. The van der Waals surface area contributed by atoms with Gasteiger partial charge in [-0.1, -0.05) is 6.42 Å². The van der Waals surface area contributed by atoms with Crippen molar-refractivity contribution in [1.29, 1.82) is 0 Å². The number of carbonyl (C=O) groups is 1. The molecule has 2 atom stereocenters. The summed E-state index contributed by atoms with van der Waals surface area (Å²) >= 11 is 0. The second-order valence-corrected chi connectivity index (χ2v) is 4.97. The summed E-state index contributed by atoms with van der Waals surface area (Å²) in [6.45, 7) is 7.26. The second kappa shape index (κ2) is 7.07. The van der Waals surface area contributed by atoms with Gasteiger partial charge in [-0.25, -0.2) is 0 Å². The smallest absolute Gasteiger partial charge is 0.227 e. The molecule has 18 heavy (non-hydrogen) atoms. The van der Waals surface area contributed by atoms with Crippen molar-refractivity contribution >= 4 is 5.91 Å². The Hall–Kier alpha value is -0.650.